The topological polar surface area (TPSA) is 112 Å². The number of aromatic amines is 1. The molecule has 1 saturated heterocycles. The highest BCUT2D eigenvalue weighted by Gasteiger charge is 2.25. The average Bonchev–Trinajstić information content (AvgIpc) is 3.21. The van der Waals surface area contributed by atoms with Crippen LogP contribution in [0.25, 0.3) is 11.3 Å². The Morgan fingerprint density at radius 2 is 1.90 bits per heavy atom. The predicted molar refractivity (Wildman–Crippen MR) is 115 cm³/mol. The Labute approximate surface area is 175 Å². The predicted octanol–water partition coefficient (Wildman–Crippen LogP) is 3.73. The highest BCUT2D eigenvalue weighted by molar-refractivity contribution is 5.71. The van der Waals surface area contributed by atoms with Gasteiger partial charge in [0.25, 0.3) is 0 Å². The summed E-state index contributed by atoms with van der Waals surface area (Å²) < 4.78 is 5.70. The van der Waals surface area contributed by atoms with Gasteiger partial charge in [-0.25, -0.2) is 9.97 Å². The largest absolute Gasteiger partial charge is 0.496 e. The second-order valence-electron chi connectivity index (χ2n) is 7.79. The zero-order valence-corrected chi connectivity index (χ0v) is 17.3. The van der Waals surface area contributed by atoms with E-state index in [2.05, 4.69) is 62.8 Å². The Hall–Kier alpha value is -3.44. The van der Waals surface area contributed by atoms with E-state index in [1.54, 1.807) is 7.11 Å². The lowest BCUT2D eigenvalue weighted by Gasteiger charge is -2.33. The van der Waals surface area contributed by atoms with Gasteiger partial charge in [0.05, 0.1) is 25.2 Å². The first-order chi connectivity index (χ1) is 14.6. The monoisotopic (exact) mass is 403 g/mol. The maximum Gasteiger partial charge on any atom is 0.158 e. The Morgan fingerprint density at radius 3 is 2.57 bits per heavy atom. The van der Waals surface area contributed by atoms with Gasteiger partial charge in [0, 0.05) is 23.7 Å². The lowest BCUT2D eigenvalue weighted by molar-refractivity contribution is 0.316. The van der Waals surface area contributed by atoms with Crippen molar-refractivity contribution < 1.29 is 4.74 Å². The van der Waals surface area contributed by atoms with Crippen LogP contribution in [0.15, 0.2) is 36.7 Å². The van der Waals surface area contributed by atoms with E-state index in [-0.39, 0.29) is 5.69 Å². The molecule has 3 N–H and O–H groups in total. The number of benzene rings is 1. The van der Waals surface area contributed by atoms with Gasteiger partial charge in [0.15, 0.2) is 11.5 Å². The van der Waals surface area contributed by atoms with E-state index >= 15 is 0 Å². The van der Waals surface area contributed by atoms with Crippen molar-refractivity contribution in [3.8, 4) is 23.1 Å². The summed E-state index contributed by atoms with van der Waals surface area (Å²) in [5, 5.41) is 22.9. The fourth-order valence-corrected chi connectivity index (χ4v) is 4.13. The van der Waals surface area contributed by atoms with Crippen LogP contribution >= 0.6 is 0 Å². The number of hydrogen-bond donors (Lipinski definition) is 3. The molecule has 1 aliphatic heterocycles. The zero-order chi connectivity index (χ0) is 21.1. The first kappa shape index (κ1) is 19.9. The molecule has 8 nitrogen and oxygen atoms in total. The molecular formula is C22H25N7O. The summed E-state index contributed by atoms with van der Waals surface area (Å²) in [5.74, 6) is 2.47. The zero-order valence-electron chi connectivity index (χ0n) is 17.3. The number of nitrogens with zero attached hydrogens (tertiary/aromatic N) is 4. The van der Waals surface area contributed by atoms with E-state index in [1.807, 2.05) is 12.1 Å². The lowest BCUT2D eigenvalue weighted by atomic mass is 9.83. The number of H-pyrrole nitrogens is 1. The molecule has 0 amide bonds. The van der Waals surface area contributed by atoms with Crippen LogP contribution in [0.5, 0.6) is 5.75 Å². The Balaban J connectivity index is 1.54. The van der Waals surface area contributed by atoms with Crippen LogP contribution in [0.3, 0.4) is 0 Å². The number of anilines is 2. The summed E-state index contributed by atoms with van der Waals surface area (Å²) in [6.07, 6.45) is 5.16. The van der Waals surface area contributed by atoms with Crippen molar-refractivity contribution in [1.82, 2.24) is 25.5 Å². The quantitative estimate of drug-likeness (QED) is 0.595. The minimum Gasteiger partial charge on any atom is -0.496 e. The molecule has 154 valence electrons. The number of nitriles is 1. The van der Waals surface area contributed by atoms with Crippen molar-refractivity contribution in [2.45, 2.75) is 44.7 Å². The average molecular weight is 403 g/mol. The van der Waals surface area contributed by atoms with Crippen LogP contribution in [0.4, 0.5) is 11.6 Å². The SMILES string of the molecule is COc1cc(C2CC(C)NC(C)C2)ccc1-c1cc(Nc2cnc(C#N)cn2)n[nH]1. The lowest BCUT2D eigenvalue weighted by Crippen LogP contribution is -2.41. The van der Waals surface area contributed by atoms with Crippen LogP contribution in [-0.4, -0.2) is 39.4 Å². The van der Waals surface area contributed by atoms with Crippen molar-refractivity contribution in [3.63, 3.8) is 0 Å². The van der Waals surface area contributed by atoms with Crippen molar-refractivity contribution in [3.05, 3.63) is 47.9 Å². The molecular weight excluding hydrogens is 378 g/mol. The Morgan fingerprint density at radius 1 is 1.10 bits per heavy atom. The number of aromatic nitrogens is 4. The summed E-state index contributed by atoms with van der Waals surface area (Å²) in [7, 11) is 1.69. The fourth-order valence-electron chi connectivity index (χ4n) is 4.13. The standard InChI is InChI=1S/C22H25N7O/c1-13-6-16(7-14(2)26-13)15-4-5-18(20(8-15)30-3)19-9-21(29-28-19)27-22-12-24-17(10-23)11-25-22/h4-5,8-9,11-14,16,26H,6-7H2,1-3H3,(H2,25,27,28,29). The van der Waals surface area contributed by atoms with Crippen molar-refractivity contribution in [2.75, 3.05) is 12.4 Å². The summed E-state index contributed by atoms with van der Waals surface area (Å²) >= 11 is 0. The van der Waals surface area contributed by atoms with Crippen LogP contribution in [-0.2, 0) is 0 Å². The molecule has 1 aromatic carbocycles. The van der Waals surface area contributed by atoms with Gasteiger partial charge in [-0.3, -0.25) is 5.10 Å². The second-order valence-corrected chi connectivity index (χ2v) is 7.79. The maximum atomic E-state index is 8.82. The molecule has 0 aliphatic carbocycles. The molecule has 1 fully saturated rings. The van der Waals surface area contributed by atoms with E-state index in [0.29, 0.717) is 29.6 Å². The molecule has 3 heterocycles. The number of nitrogens with one attached hydrogen (secondary N) is 3. The van der Waals surface area contributed by atoms with Crippen LogP contribution in [0.1, 0.15) is 43.9 Å². The first-order valence-electron chi connectivity index (χ1n) is 10.0. The number of hydrogen-bond acceptors (Lipinski definition) is 7. The molecule has 1 aliphatic rings. The number of rotatable bonds is 5. The molecule has 2 atom stereocenters. The van der Waals surface area contributed by atoms with Crippen LogP contribution < -0.4 is 15.4 Å². The molecule has 0 radical (unpaired) electrons. The van der Waals surface area contributed by atoms with Crippen molar-refractivity contribution >= 4 is 11.6 Å². The molecule has 4 rings (SSSR count). The smallest absolute Gasteiger partial charge is 0.158 e. The molecule has 8 heteroatoms. The van der Waals surface area contributed by atoms with Gasteiger partial charge in [-0.15, -0.1) is 0 Å². The molecule has 0 saturated carbocycles. The van der Waals surface area contributed by atoms with Crippen molar-refractivity contribution in [2.24, 2.45) is 0 Å². The highest BCUT2D eigenvalue weighted by Crippen LogP contribution is 2.37. The summed E-state index contributed by atoms with van der Waals surface area (Å²) in [6, 6.07) is 11.3. The Bertz CT molecular complexity index is 1040. The maximum absolute atomic E-state index is 8.82. The van der Waals surface area contributed by atoms with Gasteiger partial charge in [-0.1, -0.05) is 6.07 Å². The third kappa shape index (κ3) is 4.26. The molecule has 30 heavy (non-hydrogen) atoms. The fraction of sp³-hybridized carbons (Fsp3) is 0.364. The van der Waals surface area contributed by atoms with Gasteiger partial charge < -0.3 is 15.4 Å². The highest BCUT2D eigenvalue weighted by atomic mass is 16.5. The van der Waals surface area contributed by atoms with Crippen LogP contribution in [0.2, 0.25) is 0 Å². The molecule has 0 bridgehead atoms. The summed E-state index contributed by atoms with van der Waals surface area (Å²) in [5.41, 5.74) is 3.37. The van der Waals surface area contributed by atoms with Gasteiger partial charge in [0.2, 0.25) is 0 Å². The molecule has 0 spiro atoms. The van der Waals surface area contributed by atoms with E-state index < -0.39 is 0 Å². The number of piperidine rings is 1. The third-order valence-corrected chi connectivity index (χ3v) is 5.43. The van der Waals surface area contributed by atoms with E-state index in [9.17, 15) is 0 Å². The van der Waals surface area contributed by atoms with E-state index in [0.717, 1.165) is 29.8 Å². The molecule has 2 unspecified atom stereocenters. The van der Waals surface area contributed by atoms with Gasteiger partial charge in [0.1, 0.15) is 17.6 Å². The molecule has 3 aromatic rings. The van der Waals surface area contributed by atoms with Gasteiger partial charge >= 0.3 is 0 Å². The molecule has 2 aromatic heterocycles. The van der Waals surface area contributed by atoms with Crippen molar-refractivity contribution in [1.29, 1.82) is 5.26 Å². The first-order valence-corrected chi connectivity index (χ1v) is 10.0. The summed E-state index contributed by atoms with van der Waals surface area (Å²) in [4.78, 5) is 8.16. The second kappa shape index (κ2) is 8.51. The number of ether oxygens (including phenoxy) is 1. The van der Waals surface area contributed by atoms with E-state index in [1.165, 1.54) is 18.0 Å². The minimum absolute atomic E-state index is 0.269. The van der Waals surface area contributed by atoms with Gasteiger partial charge in [-0.05, 0) is 50.3 Å². The third-order valence-electron chi connectivity index (χ3n) is 5.43. The summed E-state index contributed by atoms with van der Waals surface area (Å²) in [6.45, 7) is 4.48. The van der Waals surface area contributed by atoms with Crippen LogP contribution in [0, 0.1) is 11.3 Å². The van der Waals surface area contributed by atoms with Gasteiger partial charge in [-0.2, -0.15) is 10.4 Å². The minimum atomic E-state index is 0.269. The normalized spacial score (nSPS) is 21.1. The van der Waals surface area contributed by atoms with E-state index in [4.69, 9.17) is 10.00 Å². The Kier molecular flexibility index (Phi) is 5.63. The number of methoxy groups -OCH3 is 1.